The molecule has 1 fully saturated rings. The van der Waals surface area contributed by atoms with E-state index in [0.29, 0.717) is 42.7 Å². The van der Waals surface area contributed by atoms with Crippen LogP contribution in [0.4, 0.5) is 8.78 Å². The number of carbonyl (C=O) groups excluding carboxylic acids is 1. The fourth-order valence-corrected chi connectivity index (χ4v) is 3.28. The second kappa shape index (κ2) is 7.96. The van der Waals surface area contributed by atoms with Crippen LogP contribution in [-0.4, -0.2) is 48.8 Å². The zero-order chi connectivity index (χ0) is 18.7. The van der Waals surface area contributed by atoms with Crippen LogP contribution in [0.1, 0.15) is 18.5 Å². The van der Waals surface area contributed by atoms with E-state index in [-0.39, 0.29) is 11.7 Å². The number of carbonyl (C=O) groups is 1. The molecule has 2 aliphatic rings. The first kappa shape index (κ1) is 18.5. The lowest BCUT2D eigenvalue weighted by Crippen LogP contribution is -2.49. The van der Waals surface area contributed by atoms with E-state index in [1.807, 2.05) is 0 Å². The van der Waals surface area contributed by atoms with Gasteiger partial charge in [0.15, 0.2) is 5.11 Å². The predicted octanol–water partition coefficient (Wildman–Crippen LogP) is 1.94. The van der Waals surface area contributed by atoms with Crippen LogP contribution in [0, 0.1) is 0 Å². The molecule has 1 aromatic carbocycles. The molecular formula is C17H19F2N3O3S. The summed E-state index contributed by atoms with van der Waals surface area (Å²) in [4.78, 5) is 14.8. The summed E-state index contributed by atoms with van der Waals surface area (Å²) in [6.07, 6.45) is 0. The molecule has 6 nitrogen and oxygen atoms in total. The molecule has 9 heteroatoms. The largest absolute Gasteiger partial charge is 0.435 e. The normalized spacial score (nSPS) is 20.7. The summed E-state index contributed by atoms with van der Waals surface area (Å²) >= 11 is 5.21. The minimum Gasteiger partial charge on any atom is -0.435 e. The molecule has 0 aliphatic carbocycles. The van der Waals surface area contributed by atoms with Gasteiger partial charge in [-0.05, 0) is 36.8 Å². The van der Waals surface area contributed by atoms with E-state index < -0.39 is 12.7 Å². The second-order valence-electron chi connectivity index (χ2n) is 5.92. The van der Waals surface area contributed by atoms with E-state index in [1.54, 1.807) is 24.0 Å². The minimum atomic E-state index is -2.88. The molecular weight excluding hydrogens is 364 g/mol. The topological polar surface area (TPSA) is 62.8 Å². The Morgan fingerprint density at radius 2 is 1.96 bits per heavy atom. The van der Waals surface area contributed by atoms with Crippen LogP contribution in [0.15, 0.2) is 35.5 Å². The van der Waals surface area contributed by atoms with E-state index in [2.05, 4.69) is 15.4 Å². The van der Waals surface area contributed by atoms with E-state index in [4.69, 9.17) is 17.0 Å². The number of morpholine rings is 1. The lowest BCUT2D eigenvalue weighted by molar-refractivity contribution is -0.131. The number of halogens is 2. The highest BCUT2D eigenvalue weighted by Gasteiger charge is 2.33. The van der Waals surface area contributed by atoms with Crippen LogP contribution in [0.2, 0.25) is 0 Å². The maximum absolute atomic E-state index is 13.0. The fraction of sp³-hybridized carbons (Fsp3) is 0.412. The number of allylic oxidation sites excluding steroid dienone is 1. The number of rotatable bonds is 4. The Labute approximate surface area is 155 Å². The number of thiocarbonyl (C=S) groups is 1. The molecule has 1 atom stereocenters. The van der Waals surface area contributed by atoms with Crippen molar-refractivity contribution in [1.29, 1.82) is 0 Å². The highest BCUT2D eigenvalue weighted by atomic mass is 32.1. The Balaban J connectivity index is 1.88. The van der Waals surface area contributed by atoms with Gasteiger partial charge in [-0.2, -0.15) is 8.78 Å². The fourth-order valence-electron chi connectivity index (χ4n) is 3.01. The highest BCUT2D eigenvalue weighted by Crippen LogP contribution is 2.30. The molecule has 0 saturated carbocycles. The maximum Gasteiger partial charge on any atom is 0.387 e. The molecule has 1 saturated heterocycles. The molecule has 3 rings (SSSR count). The van der Waals surface area contributed by atoms with Crippen LogP contribution in [-0.2, 0) is 9.53 Å². The smallest absolute Gasteiger partial charge is 0.387 e. The van der Waals surface area contributed by atoms with Gasteiger partial charge in [0.2, 0.25) is 0 Å². The molecule has 2 aliphatic heterocycles. The molecule has 26 heavy (non-hydrogen) atoms. The summed E-state index contributed by atoms with van der Waals surface area (Å²) in [7, 11) is 0. The Kier molecular flexibility index (Phi) is 5.67. The summed E-state index contributed by atoms with van der Waals surface area (Å²) in [5, 5.41) is 6.47. The average molecular weight is 383 g/mol. The van der Waals surface area contributed by atoms with Gasteiger partial charge in [0, 0.05) is 18.8 Å². The van der Waals surface area contributed by atoms with Gasteiger partial charge in [-0.3, -0.25) is 4.79 Å². The third kappa shape index (κ3) is 4.10. The number of hydrogen-bond acceptors (Lipinski definition) is 4. The molecule has 0 bridgehead atoms. The second-order valence-corrected chi connectivity index (χ2v) is 6.33. The summed E-state index contributed by atoms with van der Waals surface area (Å²) < 4.78 is 34.3. The van der Waals surface area contributed by atoms with E-state index in [9.17, 15) is 13.6 Å². The molecule has 0 spiro atoms. The number of nitrogens with one attached hydrogen (secondary N) is 2. The molecule has 0 radical (unpaired) electrons. The molecule has 1 amide bonds. The Hall–Kier alpha value is -2.26. The number of hydrogen-bond donors (Lipinski definition) is 2. The Morgan fingerprint density at radius 3 is 2.58 bits per heavy atom. The first-order valence-corrected chi connectivity index (χ1v) is 8.56. The average Bonchev–Trinajstić information content (AvgIpc) is 2.61. The van der Waals surface area contributed by atoms with Gasteiger partial charge in [-0.1, -0.05) is 12.1 Å². The SMILES string of the molecule is CC1=C(C(=O)N2CCOCC2)[C@H](c2ccc(OC(F)F)cc2)NC(=S)N1. The van der Waals surface area contributed by atoms with E-state index >= 15 is 0 Å². The zero-order valence-electron chi connectivity index (χ0n) is 14.1. The van der Waals surface area contributed by atoms with E-state index in [0.717, 1.165) is 5.56 Å². The number of nitrogens with zero attached hydrogens (tertiary/aromatic N) is 1. The van der Waals surface area contributed by atoms with Crippen molar-refractivity contribution >= 4 is 23.2 Å². The molecule has 0 aromatic heterocycles. The van der Waals surface area contributed by atoms with Crippen LogP contribution in [0.25, 0.3) is 0 Å². The number of alkyl halides is 2. The van der Waals surface area contributed by atoms with Gasteiger partial charge in [0.1, 0.15) is 5.75 Å². The minimum absolute atomic E-state index is 0.0574. The lowest BCUT2D eigenvalue weighted by Gasteiger charge is -2.34. The van der Waals surface area contributed by atoms with Gasteiger partial charge >= 0.3 is 6.61 Å². The number of amides is 1. The van der Waals surface area contributed by atoms with Crippen molar-refractivity contribution in [1.82, 2.24) is 15.5 Å². The van der Waals surface area contributed by atoms with Crippen molar-refractivity contribution in [3.63, 3.8) is 0 Å². The molecule has 2 heterocycles. The third-order valence-electron chi connectivity index (χ3n) is 4.24. The van der Waals surface area contributed by atoms with Crippen LogP contribution >= 0.6 is 12.2 Å². The monoisotopic (exact) mass is 383 g/mol. The number of ether oxygens (including phenoxy) is 2. The van der Waals surface area contributed by atoms with Gasteiger partial charge in [0.05, 0.1) is 24.8 Å². The first-order valence-electron chi connectivity index (χ1n) is 8.16. The Bertz CT molecular complexity index is 718. The Morgan fingerprint density at radius 1 is 1.31 bits per heavy atom. The first-order chi connectivity index (χ1) is 12.5. The van der Waals surface area contributed by atoms with Gasteiger partial charge in [0.25, 0.3) is 5.91 Å². The van der Waals surface area contributed by atoms with E-state index in [1.165, 1.54) is 12.1 Å². The third-order valence-corrected chi connectivity index (χ3v) is 4.46. The molecule has 140 valence electrons. The van der Waals surface area contributed by atoms with Crippen molar-refractivity contribution < 1.29 is 23.0 Å². The summed E-state index contributed by atoms with van der Waals surface area (Å²) in [6.45, 7) is 0.957. The summed E-state index contributed by atoms with van der Waals surface area (Å²) in [5.41, 5.74) is 1.94. The van der Waals surface area contributed by atoms with Gasteiger partial charge in [-0.25, -0.2) is 0 Å². The quantitative estimate of drug-likeness (QED) is 0.775. The zero-order valence-corrected chi connectivity index (χ0v) is 14.9. The molecule has 2 N–H and O–H groups in total. The maximum atomic E-state index is 13.0. The summed E-state index contributed by atoms with van der Waals surface area (Å²) in [5.74, 6) is -0.0479. The van der Waals surface area contributed by atoms with Crippen molar-refractivity contribution in [2.45, 2.75) is 19.6 Å². The van der Waals surface area contributed by atoms with Crippen molar-refractivity contribution in [2.24, 2.45) is 0 Å². The van der Waals surface area contributed by atoms with Crippen molar-refractivity contribution in [3.05, 3.63) is 41.1 Å². The van der Waals surface area contributed by atoms with Crippen LogP contribution in [0.5, 0.6) is 5.75 Å². The van der Waals surface area contributed by atoms with Crippen molar-refractivity contribution in [3.8, 4) is 5.75 Å². The van der Waals surface area contributed by atoms with Crippen LogP contribution < -0.4 is 15.4 Å². The predicted molar refractivity (Wildman–Crippen MR) is 94.8 cm³/mol. The lowest BCUT2D eigenvalue weighted by atomic mass is 9.94. The van der Waals surface area contributed by atoms with Crippen LogP contribution in [0.3, 0.4) is 0 Å². The highest BCUT2D eigenvalue weighted by molar-refractivity contribution is 7.80. The number of benzene rings is 1. The summed E-state index contributed by atoms with van der Waals surface area (Å²) in [6, 6.07) is 5.70. The van der Waals surface area contributed by atoms with Crippen molar-refractivity contribution in [2.75, 3.05) is 26.3 Å². The standard InChI is InChI=1S/C17H19F2N3O3S/c1-10-13(15(23)22-6-8-24-9-7-22)14(21-17(26)20-10)11-2-4-12(5-3-11)25-16(18)19/h2-5,14,16H,6-9H2,1H3,(H2,20,21,26)/t14-/m0/s1. The molecule has 1 aromatic rings. The van der Waals surface area contributed by atoms with Gasteiger partial charge in [-0.15, -0.1) is 0 Å². The van der Waals surface area contributed by atoms with Gasteiger partial charge < -0.3 is 25.0 Å². The molecule has 0 unspecified atom stereocenters.